The molecule has 0 radical (unpaired) electrons. The molecular formula is C17H21ClN2O2. The summed E-state index contributed by atoms with van der Waals surface area (Å²) in [5.74, 6) is 2.75. The van der Waals surface area contributed by atoms with Gasteiger partial charge in [-0.3, -0.25) is 4.79 Å². The zero-order valence-corrected chi connectivity index (χ0v) is 13.5. The zero-order chi connectivity index (χ0) is 15.3. The summed E-state index contributed by atoms with van der Waals surface area (Å²) in [6.45, 7) is 0. The van der Waals surface area contributed by atoms with Crippen LogP contribution in [-0.2, 0) is 0 Å². The van der Waals surface area contributed by atoms with Crippen molar-refractivity contribution in [1.82, 2.24) is 10.3 Å². The first-order valence-corrected chi connectivity index (χ1v) is 8.47. The number of ether oxygens (including phenoxy) is 1. The van der Waals surface area contributed by atoms with Crippen molar-refractivity contribution in [2.75, 3.05) is 7.11 Å². The van der Waals surface area contributed by atoms with Gasteiger partial charge in [0.15, 0.2) is 0 Å². The van der Waals surface area contributed by atoms with Crippen LogP contribution in [0.3, 0.4) is 0 Å². The second-order valence-corrected chi connectivity index (χ2v) is 7.76. The highest BCUT2D eigenvalue weighted by Crippen LogP contribution is 2.55. The van der Waals surface area contributed by atoms with Crippen molar-refractivity contribution in [3.63, 3.8) is 0 Å². The summed E-state index contributed by atoms with van der Waals surface area (Å²) in [5.41, 5.74) is 0.544. The van der Waals surface area contributed by atoms with Crippen molar-refractivity contribution in [3.05, 3.63) is 22.8 Å². The molecule has 0 aliphatic heterocycles. The largest absolute Gasteiger partial charge is 0.481 e. The monoisotopic (exact) mass is 320 g/mol. The molecule has 0 aromatic carbocycles. The fourth-order valence-electron chi connectivity index (χ4n) is 5.29. The number of carbonyl (C=O) groups is 1. The molecule has 0 unspecified atom stereocenters. The molecule has 0 spiro atoms. The topological polar surface area (TPSA) is 51.2 Å². The molecule has 4 saturated carbocycles. The van der Waals surface area contributed by atoms with Gasteiger partial charge in [-0.15, -0.1) is 0 Å². The highest BCUT2D eigenvalue weighted by Gasteiger charge is 2.51. The van der Waals surface area contributed by atoms with Crippen LogP contribution < -0.4 is 10.1 Å². The molecule has 1 amide bonds. The van der Waals surface area contributed by atoms with Crippen molar-refractivity contribution in [3.8, 4) is 5.88 Å². The summed E-state index contributed by atoms with van der Waals surface area (Å²) in [4.78, 5) is 16.7. The Morgan fingerprint density at radius 3 is 2.36 bits per heavy atom. The molecule has 0 atom stereocenters. The number of nitrogens with zero attached hydrogens (tertiary/aromatic N) is 1. The number of nitrogens with one attached hydrogen (secondary N) is 1. The fourth-order valence-corrected chi connectivity index (χ4v) is 5.49. The maximum Gasteiger partial charge on any atom is 0.252 e. The first-order valence-electron chi connectivity index (χ1n) is 8.09. The van der Waals surface area contributed by atoms with Crippen LogP contribution in [0.1, 0.15) is 48.9 Å². The number of halogens is 1. The Kier molecular flexibility index (Phi) is 3.33. The number of amides is 1. The molecule has 4 aliphatic rings. The van der Waals surface area contributed by atoms with Crippen LogP contribution in [0.2, 0.25) is 5.15 Å². The van der Waals surface area contributed by atoms with Crippen LogP contribution in [-0.4, -0.2) is 23.5 Å². The normalized spacial score (nSPS) is 35.5. The average molecular weight is 321 g/mol. The van der Waals surface area contributed by atoms with Gasteiger partial charge in [0.25, 0.3) is 5.91 Å². The molecule has 4 aliphatic carbocycles. The summed E-state index contributed by atoms with van der Waals surface area (Å²) in [6, 6.07) is 3.27. The van der Waals surface area contributed by atoms with Crippen molar-refractivity contribution >= 4 is 17.5 Å². The van der Waals surface area contributed by atoms with Gasteiger partial charge in [0.1, 0.15) is 5.15 Å². The maximum absolute atomic E-state index is 12.7. The van der Waals surface area contributed by atoms with Crippen molar-refractivity contribution in [2.45, 2.75) is 44.1 Å². The molecule has 4 nitrogen and oxygen atoms in total. The van der Waals surface area contributed by atoms with E-state index in [1.54, 1.807) is 12.1 Å². The molecule has 118 valence electrons. The van der Waals surface area contributed by atoms with E-state index < -0.39 is 0 Å². The Morgan fingerprint density at radius 2 is 1.82 bits per heavy atom. The third kappa shape index (κ3) is 2.47. The first-order chi connectivity index (χ1) is 10.5. The third-order valence-corrected chi connectivity index (χ3v) is 5.85. The highest BCUT2D eigenvalue weighted by molar-refractivity contribution is 6.29. The van der Waals surface area contributed by atoms with E-state index in [1.807, 2.05) is 0 Å². The van der Waals surface area contributed by atoms with E-state index in [2.05, 4.69) is 10.3 Å². The van der Waals surface area contributed by atoms with Gasteiger partial charge in [-0.2, -0.15) is 0 Å². The highest BCUT2D eigenvalue weighted by atomic mass is 35.5. The molecule has 5 heteroatoms. The Labute approximate surface area is 135 Å². The fraction of sp³-hybridized carbons (Fsp3) is 0.647. The lowest BCUT2D eigenvalue weighted by molar-refractivity contribution is -0.0167. The van der Waals surface area contributed by atoms with E-state index in [0.29, 0.717) is 11.4 Å². The number of hydrogen-bond donors (Lipinski definition) is 1. The minimum atomic E-state index is -0.0513. The molecule has 0 saturated heterocycles. The van der Waals surface area contributed by atoms with E-state index in [0.717, 1.165) is 37.0 Å². The van der Waals surface area contributed by atoms with Crippen LogP contribution in [0.25, 0.3) is 0 Å². The number of methoxy groups -OCH3 is 1. The molecule has 22 heavy (non-hydrogen) atoms. The number of pyridine rings is 1. The second kappa shape index (κ2) is 5.12. The Bertz CT molecular complexity index is 581. The second-order valence-electron chi connectivity index (χ2n) is 7.37. The van der Waals surface area contributed by atoms with Gasteiger partial charge in [0, 0.05) is 17.2 Å². The molecular weight excluding hydrogens is 300 g/mol. The van der Waals surface area contributed by atoms with Crippen molar-refractivity contribution in [1.29, 1.82) is 0 Å². The lowest BCUT2D eigenvalue weighted by atomic mass is 9.53. The number of carbonyl (C=O) groups excluding carboxylic acids is 1. The summed E-state index contributed by atoms with van der Waals surface area (Å²) in [5, 5.41) is 3.63. The lowest BCUT2D eigenvalue weighted by Gasteiger charge is -2.56. The molecule has 1 aromatic heterocycles. The third-order valence-electron chi connectivity index (χ3n) is 5.66. The predicted octanol–water partition coefficient (Wildman–Crippen LogP) is 3.44. The summed E-state index contributed by atoms with van der Waals surface area (Å²) in [6.07, 6.45) is 7.51. The summed E-state index contributed by atoms with van der Waals surface area (Å²) < 4.78 is 5.10. The van der Waals surface area contributed by atoms with Gasteiger partial charge in [0.05, 0.1) is 7.11 Å². The van der Waals surface area contributed by atoms with Crippen LogP contribution in [0.4, 0.5) is 0 Å². The van der Waals surface area contributed by atoms with Gasteiger partial charge in [0.2, 0.25) is 5.88 Å². The minimum absolute atomic E-state index is 0.00874. The summed E-state index contributed by atoms with van der Waals surface area (Å²) >= 11 is 5.98. The Morgan fingerprint density at radius 1 is 1.23 bits per heavy atom. The number of rotatable bonds is 3. The standard InChI is InChI=1S/C17H21ClN2O2/c1-22-15-6-13(5-14(18)19-15)16(21)20-17-7-10-2-11(8-17)4-12(3-10)9-17/h5-6,10-12H,2-4,7-9H2,1H3,(H,20,21). The zero-order valence-electron chi connectivity index (χ0n) is 12.8. The van der Waals surface area contributed by atoms with Crippen molar-refractivity contribution < 1.29 is 9.53 Å². The number of aromatic nitrogens is 1. The predicted molar refractivity (Wildman–Crippen MR) is 84.2 cm³/mol. The van der Waals surface area contributed by atoms with Gasteiger partial charge >= 0.3 is 0 Å². The summed E-state index contributed by atoms with van der Waals surface area (Å²) in [7, 11) is 1.53. The van der Waals surface area contributed by atoms with E-state index in [-0.39, 0.29) is 16.6 Å². The van der Waals surface area contributed by atoms with Crippen LogP contribution in [0, 0.1) is 17.8 Å². The smallest absolute Gasteiger partial charge is 0.252 e. The SMILES string of the molecule is COc1cc(C(=O)NC23CC4CC(CC(C4)C2)C3)cc(Cl)n1. The molecule has 1 N–H and O–H groups in total. The Hall–Kier alpha value is -1.29. The van der Waals surface area contributed by atoms with Crippen LogP contribution in [0.15, 0.2) is 12.1 Å². The van der Waals surface area contributed by atoms with Gasteiger partial charge < -0.3 is 10.1 Å². The minimum Gasteiger partial charge on any atom is -0.481 e. The van der Waals surface area contributed by atoms with E-state index in [9.17, 15) is 4.79 Å². The van der Waals surface area contributed by atoms with Gasteiger partial charge in [-0.1, -0.05) is 11.6 Å². The van der Waals surface area contributed by atoms with Gasteiger partial charge in [-0.05, 0) is 62.3 Å². The van der Waals surface area contributed by atoms with E-state index in [4.69, 9.17) is 16.3 Å². The quantitative estimate of drug-likeness (QED) is 0.868. The molecule has 5 rings (SSSR count). The molecule has 4 bridgehead atoms. The van der Waals surface area contributed by atoms with E-state index in [1.165, 1.54) is 26.4 Å². The molecule has 4 fully saturated rings. The maximum atomic E-state index is 12.7. The van der Waals surface area contributed by atoms with Gasteiger partial charge in [-0.25, -0.2) is 4.98 Å². The molecule has 1 aromatic rings. The Balaban J connectivity index is 1.56. The first kappa shape index (κ1) is 14.3. The lowest BCUT2D eigenvalue weighted by Crippen LogP contribution is -2.59. The average Bonchev–Trinajstić information content (AvgIpc) is 2.44. The van der Waals surface area contributed by atoms with Crippen LogP contribution in [0.5, 0.6) is 5.88 Å². The van der Waals surface area contributed by atoms with Crippen molar-refractivity contribution in [2.24, 2.45) is 17.8 Å². The molecule has 1 heterocycles. The van der Waals surface area contributed by atoms with Crippen LogP contribution >= 0.6 is 11.6 Å². The number of hydrogen-bond acceptors (Lipinski definition) is 3. The van der Waals surface area contributed by atoms with E-state index >= 15 is 0 Å².